The maximum atomic E-state index is 12.7. The zero-order valence-electron chi connectivity index (χ0n) is 14.4. The van der Waals surface area contributed by atoms with E-state index in [1.165, 1.54) is 33.3 Å². The number of anilines is 2. The number of hydrogen-bond donors (Lipinski definition) is 2. The summed E-state index contributed by atoms with van der Waals surface area (Å²) in [5, 5.41) is 2.57. The van der Waals surface area contributed by atoms with E-state index in [0.717, 1.165) is 0 Å². The molecule has 2 rings (SSSR count). The lowest BCUT2D eigenvalue weighted by Gasteiger charge is -2.14. The van der Waals surface area contributed by atoms with Crippen molar-refractivity contribution < 1.29 is 22.7 Å². The molecule has 0 saturated carbocycles. The Hall–Kier alpha value is -2.74. The third kappa shape index (κ3) is 4.42. The van der Waals surface area contributed by atoms with Gasteiger partial charge in [-0.25, -0.2) is 8.42 Å². The first-order chi connectivity index (χ1) is 11.8. The number of carbonyl (C=O) groups is 1. The summed E-state index contributed by atoms with van der Waals surface area (Å²) < 4.78 is 38.3. The van der Waals surface area contributed by atoms with E-state index in [-0.39, 0.29) is 10.8 Å². The Morgan fingerprint density at radius 3 is 2.20 bits per heavy atom. The smallest absolute Gasteiger partial charge is 0.262 e. The number of rotatable bonds is 6. The van der Waals surface area contributed by atoms with Crippen molar-refractivity contribution in [3.05, 3.63) is 42.0 Å². The molecule has 0 unspecified atom stereocenters. The number of benzene rings is 2. The number of hydrogen-bond acceptors (Lipinski definition) is 5. The molecule has 0 aliphatic heterocycles. The lowest BCUT2D eigenvalue weighted by Crippen LogP contribution is -2.15. The Morgan fingerprint density at radius 2 is 1.60 bits per heavy atom. The Bertz CT molecular complexity index is 894. The molecule has 25 heavy (non-hydrogen) atoms. The molecule has 2 N–H and O–H groups in total. The number of aryl methyl sites for hydroxylation is 1. The van der Waals surface area contributed by atoms with Crippen LogP contribution in [-0.2, 0) is 14.8 Å². The van der Waals surface area contributed by atoms with Gasteiger partial charge >= 0.3 is 0 Å². The second kappa shape index (κ2) is 7.43. The fourth-order valence-electron chi connectivity index (χ4n) is 2.28. The van der Waals surface area contributed by atoms with E-state index >= 15 is 0 Å². The summed E-state index contributed by atoms with van der Waals surface area (Å²) in [5.41, 5.74) is 1.30. The molecule has 2 aromatic rings. The van der Waals surface area contributed by atoms with E-state index in [4.69, 9.17) is 9.47 Å². The largest absolute Gasteiger partial charge is 0.493 e. The van der Waals surface area contributed by atoms with E-state index < -0.39 is 10.0 Å². The van der Waals surface area contributed by atoms with Crippen molar-refractivity contribution in [3.63, 3.8) is 0 Å². The maximum Gasteiger partial charge on any atom is 0.262 e. The average Bonchev–Trinajstić information content (AvgIpc) is 2.55. The van der Waals surface area contributed by atoms with Crippen LogP contribution >= 0.6 is 0 Å². The summed E-state index contributed by atoms with van der Waals surface area (Å²) >= 11 is 0. The molecule has 0 heterocycles. The van der Waals surface area contributed by atoms with Gasteiger partial charge in [-0.2, -0.15) is 0 Å². The first kappa shape index (κ1) is 18.6. The predicted molar refractivity (Wildman–Crippen MR) is 95.8 cm³/mol. The van der Waals surface area contributed by atoms with Crippen molar-refractivity contribution >= 4 is 27.3 Å². The lowest BCUT2D eigenvalue weighted by atomic mass is 10.2. The SMILES string of the molecule is COc1ccc(NS(=O)(=O)c2cc(NC(C)=O)ccc2C)cc1OC. The number of nitrogens with one attached hydrogen (secondary N) is 2. The molecular formula is C17H20N2O5S. The summed E-state index contributed by atoms with van der Waals surface area (Å²) in [7, 11) is -0.877. The minimum absolute atomic E-state index is 0.0773. The summed E-state index contributed by atoms with van der Waals surface area (Å²) in [6, 6.07) is 9.41. The van der Waals surface area contributed by atoms with Gasteiger partial charge in [-0.1, -0.05) is 6.07 Å². The van der Waals surface area contributed by atoms with Crippen LogP contribution in [0.5, 0.6) is 11.5 Å². The van der Waals surface area contributed by atoms with Gasteiger partial charge in [-0.3, -0.25) is 9.52 Å². The minimum atomic E-state index is -3.84. The van der Waals surface area contributed by atoms with Gasteiger partial charge in [0.1, 0.15) is 0 Å². The molecule has 2 aromatic carbocycles. The van der Waals surface area contributed by atoms with Crippen LogP contribution in [0.4, 0.5) is 11.4 Å². The molecule has 7 nitrogen and oxygen atoms in total. The van der Waals surface area contributed by atoms with Gasteiger partial charge in [0.15, 0.2) is 11.5 Å². The molecule has 0 radical (unpaired) electrons. The average molecular weight is 364 g/mol. The van der Waals surface area contributed by atoms with Gasteiger partial charge in [0.05, 0.1) is 24.8 Å². The number of amides is 1. The van der Waals surface area contributed by atoms with E-state index in [2.05, 4.69) is 10.0 Å². The molecule has 1 amide bonds. The molecular weight excluding hydrogens is 344 g/mol. The first-order valence-electron chi connectivity index (χ1n) is 7.40. The van der Waals surface area contributed by atoms with Crippen molar-refractivity contribution in [3.8, 4) is 11.5 Å². The number of carbonyl (C=O) groups excluding carboxylic acids is 1. The van der Waals surface area contributed by atoms with Gasteiger partial charge in [-0.15, -0.1) is 0 Å². The van der Waals surface area contributed by atoms with E-state index in [1.54, 1.807) is 31.2 Å². The minimum Gasteiger partial charge on any atom is -0.493 e. The monoisotopic (exact) mass is 364 g/mol. The summed E-state index contributed by atoms with van der Waals surface area (Å²) in [5.74, 6) is 0.626. The molecule has 0 atom stereocenters. The van der Waals surface area contributed by atoms with E-state index in [1.807, 2.05) is 0 Å². The van der Waals surface area contributed by atoms with E-state index in [9.17, 15) is 13.2 Å². The van der Waals surface area contributed by atoms with Crippen molar-refractivity contribution in [1.82, 2.24) is 0 Å². The van der Waals surface area contributed by atoms with Crippen molar-refractivity contribution in [2.75, 3.05) is 24.3 Å². The second-order valence-corrected chi connectivity index (χ2v) is 6.99. The highest BCUT2D eigenvalue weighted by Gasteiger charge is 2.19. The molecule has 8 heteroatoms. The van der Waals surface area contributed by atoms with Crippen LogP contribution in [0, 0.1) is 6.92 Å². The molecule has 0 saturated heterocycles. The third-order valence-electron chi connectivity index (χ3n) is 3.43. The fraction of sp³-hybridized carbons (Fsp3) is 0.235. The summed E-state index contributed by atoms with van der Waals surface area (Å²) in [4.78, 5) is 11.3. The molecule has 0 aromatic heterocycles. The highest BCUT2D eigenvalue weighted by atomic mass is 32.2. The molecule has 0 aliphatic carbocycles. The highest BCUT2D eigenvalue weighted by Crippen LogP contribution is 2.31. The third-order valence-corrected chi connectivity index (χ3v) is 4.96. The highest BCUT2D eigenvalue weighted by molar-refractivity contribution is 7.92. The zero-order valence-corrected chi connectivity index (χ0v) is 15.2. The molecule has 0 aliphatic rings. The zero-order chi connectivity index (χ0) is 18.6. The lowest BCUT2D eigenvalue weighted by molar-refractivity contribution is -0.114. The second-order valence-electron chi connectivity index (χ2n) is 5.34. The van der Waals surface area contributed by atoms with Crippen LogP contribution in [-0.4, -0.2) is 28.5 Å². The maximum absolute atomic E-state index is 12.7. The summed E-state index contributed by atoms with van der Waals surface area (Å²) in [6.45, 7) is 3.04. The molecule has 0 fully saturated rings. The first-order valence-corrected chi connectivity index (χ1v) is 8.88. The van der Waals surface area contributed by atoms with Crippen molar-refractivity contribution in [1.29, 1.82) is 0 Å². The van der Waals surface area contributed by atoms with Gasteiger partial charge in [-0.05, 0) is 36.8 Å². The number of sulfonamides is 1. The van der Waals surface area contributed by atoms with Gasteiger partial charge in [0, 0.05) is 18.7 Å². The van der Waals surface area contributed by atoms with Gasteiger partial charge < -0.3 is 14.8 Å². The van der Waals surface area contributed by atoms with Gasteiger partial charge in [0.25, 0.3) is 10.0 Å². The Balaban J connectivity index is 2.38. The Morgan fingerprint density at radius 1 is 0.960 bits per heavy atom. The Labute approximate surface area is 147 Å². The molecule has 0 spiro atoms. The van der Waals surface area contributed by atoms with Crippen molar-refractivity contribution in [2.45, 2.75) is 18.7 Å². The summed E-state index contributed by atoms with van der Waals surface area (Å²) in [6.07, 6.45) is 0. The molecule has 0 bridgehead atoms. The van der Waals surface area contributed by atoms with Crippen LogP contribution in [0.15, 0.2) is 41.3 Å². The van der Waals surface area contributed by atoms with Crippen LogP contribution in [0.2, 0.25) is 0 Å². The number of methoxy groups -OCH3 is 2. The van der Waals surface area contributed by atoms with E-state index in [0.29, 0.717) is 28.4 Å². The van der Waals surface area contributed by atoms with Crippen LogP contribution in [0.3, 0.4) is 0 Å². The standard InChI is InChI=1S/C17H20N2O5S/c1-11-5-6-13(18-12(2)20)10-17(11)25(21,22)19-14-7-8-15(23-3)16(9-14)24-4/h5-10,19H,1-4H3,(H,18,20). The molecule has 134 valence electrons. The topological polar surface area (TPSA) is 93.7 Å². The Kier molecular flexibility index (Phi) is 5.53. The van der Waals surface area contributed by atoms with Crippen LogP contribution < -0.4 is 19.5 Å². The predicted octanol–water partition coefficient (Wildman–Crippen LogP) is 2.77. The van der Waals surface area contributed by atoms with Crippen LogP contribution in [0.1, 0.15) is 12.5 Å². The number of ether oxygens (including phenoxy) is 2. The quantitative estimate of drug-likeness (QED) is 0.822. The van der Waals surface area contributed by atoms with Crippen LogP contribution in [0.25, 0.3) is 0 Å². The normalized spacial score (nSPS) is 10.9. The van der Waals surface area contributed by atoms with Crippen molar-refractivity contribution in [2.24, 2.45) is 0 Å². The van der Waals surface area contributed by atoms with Gasteiger partial charge in [0.2, 0.25) is 5.91 Å². The fourth-order valence-corrected chi connectivity index (χ4v) is 3.60.